The molecule has 0 aliphatic carbocycles. The van der Waals surface area contributed by atoms with Gasteiger partial charge in [0, 0.05) is 29.8 Å². The smallest absolute Gasteiger partial charge is 0.0458 e. The molecule has 0 bridgehead atoms. The Kier molecular flexibility index (Phi) is 6.68. The van der Waals surface area contributed by atoms with Crippen molar-refractivity contribution in [1.82, 2.24) is 9.80 Å². The standard InChI is InChI=1S/C14H24BrN3/c1-4-7-18(9-8-17(2)3)11-12-5-6-14(16)13(15)10-12/h5-6,10H,4,7-9,11,16H2,1-3H3. The maximum absolute atomic E-state index is 5.81. The number of nitrogens with two attached hydrogens (primary N) is 1. The van der Waals surface area contributed by atoms with E-state index in [0.717, 1.165) is 36.3 Å². The number of rotatable bonds is 7. The first kappa shape index (κ1) is 15.5. The van der Waals surface area contributed by atoms with E-state index in [1.807, 2.05) is 6.07 Å². The molecule has 0 spiro atoms. The van der Waals surface area contributed by atoms with Gasteiger partial charge in [-0.05, 0) is 60.7 Å². The largest absolute Gasteiger partial charge is 0.398 e. The molecule has 1 aromatic carbocycles. The quantitative estimate of drug-likeness (QED) is 0.786. The summed E-state index contributed by atoms with van der Waals surface area (Å²) < 4.78 is 0.990. The highest BCUT2D eigenvalue weighted by Crippen LogP contribution is 2.21. The summed E-state index contributed by atoms with van der Waals surface area (Å²) in [5.74, 6) is 0. The van der Waals surface area contributed by atoms with Crippen LogP contribution in [0.4, 0.5) is 5.69 Å². The summed E-state index contributed by atoms with van der Waals surface area (Å²) in [6.45, 7) is 6.54. The Hall–Kier alpha value is -0.580. The Morgan fingerprint density at radius 3 is 2.44 bits per heavy atom. The van der Waals surface area contributed by atoms with E-state index in [9.17, 15) is 0 Å². The van der Waals surface area contributed by atoms with Crippen LogP contribution in [-0.4, -0.2) is 43.5 Å². The van der Waals surface area contributed by atoms with E-state index in [4.69, 9.17) is 5.73 Å². The van der Waals surface area contributed by atoms with Gasteiger partial charge < -0.3 is 10.6 Å². The van der Waals surface area contributed by atoms with Crippen LogP contribution >= 0.6 is 15.9 Å². The van der Waals surface area contributed by atoms with Crippen molar-refractivity contribution in [3.63, 3.8) is 0 Å². The molecule has 4 heteroatoms. The van der Waals surface area contributed by atoms with E-state index in [0.29, 0.717) is 0 Å². The molecule has 2 N–H and O–H groups in total. The molecule has 1 aromatic rings. The minimum atomic E-state index is 0.800. The molecule has 0 saturated carbocycles. The molecular weight excluding hydrogens is 290 g/mol. The van der Waals surface area contributed by atoms with Crippen molar-refractivity contribution < 1.29 is 0 Å². The first-order chi connectivity index (χ1) is 8.52. The Morgan fingerprint density at radius 2 is 1.89 bits per heavy atom. The summed E-state index contributed by atoms with van der Waals surface area (Å²) in [5, 5.41) is 0. The fraction of sp³-hybridized carbons (Fsp3) is 0.571. The maximum Gasteiger partial charge on any atom is 0.0458 e. The first-order valence-corrected chi connectivity index (χ1v) is 7.23. The molecular formula is C14H24BrN3. The second-order valence-corrected chi connectivity index (χ2v) is 5.79. The van der Waals surface area contributed by atoms with Crippen LogP contribution in [0.3, 0.4) is 0 Å². The lowest BCUT2D eigenvalue weighted by molar-refractivity contribution is 0.234. The lowest BCUT2D eigenvalue weighted by Crippen LogP contribution is -2.32. The van der Waals surface area contributed by atoms with Crippen LogP contribution in [0.15, 0.2) is 22.7 Å². The van der Waals surface area contributed by atoms with E-state index >= 15 is 0 Å². The predicted molar refractivity (Wildman–Crippen MR) is 82.7 cm³/mol. The number of nitrogen functional groups attached to an aromatic ring is 1. The molecule has 0 aliphatic heterocycles. The molecule has 1 rings (SSSR count). The third kappa shape index (κ3) is 5.38. The fourth-order valence-corrected chi connectivity index (χ4v) is 2.28. The summed E-state index contributed by atoms with van der Waals surface area (Å²) >= 11 is 3.49. The second-order valence-electron chi connectivity index (χ2n) is 4.94. The van der Waals surface area contributed by atoms with E-state index < -0.39 is 0 Å². The van der Waals surface area contributed by atoms with Crippen molar-refractivity contribution >= 4 is 21.6 Å². The maximum atomic E-state index is 5.81. The highest BCUT2D eigenvalue weighted by Gasteiger charge is 2.06. The van der Waals surface area contributed by atoms with Gasteiger partial charge in [0.15, 0.2) is 0 Å². The van der Waals surface area contributed by atoms with Crippen LogP contribution in [0.1, 0.15) is 18.9 Å². The fourth-order valence-electron chi connectivity index (χ4n) is 1.85. The molecule has 0 saturated heterocycles. The van der Waals surface area contributed by atoms with E-state index in [1.54, 1.807) is 0 Å². The molecule has 0 heterocycles. The van der Waals surface area contributed by atoms with Crippen molar-refractivity contribution in [1.29, 1.82) is 0 Å². The summed E-state index contributed by atoms with van der Waals surface area (Å²) in [4.78, 5) is 4.71. The van der Waals surface area contributed by atoms with Gasteiger partial charge in [-0.15, -0.1) is 0 Å². The molecule has 0 fully saturated rings. The van der Waals surface area contributed by atoms with Gasteiger partial charge in [-0.25, -0.2) is 0 Å². The van der Waals surface area contributed by atoms with Gasteiger partial charge in [0.25, 0.3) is 0 Å². The highest BCUT2D eigenvalue weighted by atomic mass is 79.9. The number of likely N-dealkylation sites (N-methyl/N-ethyl adjacent to an activating group) is 1. The molecule has 102 valence electrons. The summed E-state index contributed by atoms with van der Waals surface area (Å²) in [7, 11) is 4.23. The monoisotopic (exact) mass is 313 g/mol. The molecule has 0 unspecified atom stereocenters. The zero-order chi connectivity index (χ0) is 13.5. The Morgan fingerprint density at radius 1 is 1.17 bits per heavy atom. The number of halogens is 1. The number of anilines is 1. The van der Waals surface area contributed by atoms with Crippen LogP contribution in [0.25, 0.3) is 0 Å². The Balaban J connectivity index is 2.61. The average Bonchev–Trinajstić information content (AvgIpc) is 2.31. The number of hydrogen-bond acceptors (Lipinski definition) is 3. The SMILES string of the molecule is CCCN(CCN(C)C)Cc1ccc(N)c(Br)c1. The molecule has 0 aliphatic rings. The average molecular weight is 314 g/mol. The highest BCUT2D eigenvalue weighted by molar-refractivity contribution is 9.10. The minimum absolute atomic E-state index is 0.800. The van der Waals surface area contributed by atoms with Crippen LogP contribution < -0.4 is 5.73 Å². The van der Waals surface area contributed by atoms with Gasteiger partial charge in [0.1, 0.15) is 0 Å². The van der Waals surface area contributed by atoms with Gasteiger partial charge in [-0.3, -0.25) is 4.90 Å². The molecule has 0 aromatic heterocycles. The lowest BCUT2D eigenvalue weighted by atomic mass is 10.2. The number of hydrogen-bond donors (Lipinski definition) is 1. The van der Waals surface area contributed by atoms with Gasteiger partial charge in [0.2, 0.25) is 0 Å². The summed E-state index contributed by atoms with van der Waals surface area (Å²) in [5.41, 5.74) is 7.92. The molecule has 0 radical (unpaired) electrons. The third-order valence-corrected chi connectivity index (χ3v) is 3.56. The minimum Gasteiger partial charge on any atom is -0.398 e. The van der Waals surface area contributed by atoms with Crippen LogP contribution in [0.2, 0.25) is 0 Å². The van der Waals surface area contributed by atoms with Crippen LogP contribution in [0.5, 0.6) is 0 Å². The number of nitrogens with zero attached hydrogens (tertiary/aromatic N) is 2. The van der Waals surface area contributed by atoms with Crippen molar-refractivity contribution in [2.75, 3.05) is 39.5 Å². The van der Waals surface area contributed by atoms with E-state index in [2.05, 4.69) is 58.9 Å². The first-order valence-electron chi connectivity index (χ1n) is 6.44. The molecule has 3 nitrogen and oxygen atoms in total. The molecule has 0 atom stereocenters. The topological polar surface area (TPSA) is 32.5 Å². The van der Waals surface area contributed by atoms with Crippen molar-refractivity contribution in [3.8, 4) is 0 Å². The van der Waals surface area contributed by atoms with Crippen molar-refractivity contribution in [2.45, 2.75) is 19.9 Å². The summed E-state index contributed by atoms with van der Waals surface area (Å²) in [6, 6.07) is 6.20. The van der Waals surface area contributed by atoms with Gasteiger partial charge in [-0.2, -0.15) is 0 Å². The van der Waals surface area contributed by atoms with Crippen molar-refractivity contribution in [3.05, 3.63) is 28.2 Å². The third-order valence-electron chi connectivity index (χ3n) is 2.87. The lowest BCUT2D eigenvalue weighted by Gasteiger charge is -2.23. The molecule has 18 heavy (non-hydrogen) atoms. The Labute approximate surface area is 119 Å². The molecule has 0 amide bonds. The zero-order valence-corrected chi connectivity index (χ0v) is 13.2. The predicted octanol–water partition coefficient (Wildman–Crippen LogP) is 2.80. The van der Waals surface area contributed by atoms with Gasteiger partial charge in [-0.1, -0.05) is 13.0 Å². The summed E-state index contributed by atoms with van der Waals surface area (Å²) in [6.07, 6.45) is 1.18. The van der Waals surface area contributed by atoms with Gasteiger partial charge >= 0.3 is 0 Å². The van der Waals surface area contributed by atoms with Crippen LogP contribution in [0, 0.1) is 0 Å². The van der Waals surface area contributed by atoms with E-state index in [1.165, 1.54) is 12.0 Å². The second kappa shape index (κ2) is 7.77. The Bertz CT molecular complexity index is 366. The van der Waals surface area contributed by atoms with Gasteiger partial charge in [0.05, 0.1) is 0 Å². The van der Waals surface area contributed by atoms with E-state index in [-0.39, 0.29) is 0 Å². The zero-order valence-electron chi connectivity index (χ0n) is 11.6. The van der Waals surface area contributed by atoms with Crippen LogP contribution in [-0.2, 0) is 6.54 Å². The normalized spacial score (nSPS) is 11.4. The number of benzene rings is 1. The van der Waals surface area contributed by atoms with Crippen molar-refractivity contribution in [2.24, 2.45) is 0 Å².